The number of nitrogens with one attached hydrogen (secondary N) is 3. The van der Waals surface area contributed by atoms with Crippen LogP contribution in [0.15, 0.2) is 41.2 Å². The van der Waals surface area contributed by atoms with Gasteiger partial charge in [-0.1, -0.05) is 29.3 Å². The molecule has 0 amide bonds. The van der Waals surface area contributed by atoms with Gasteiger partial charge in [0.2, 0.25) is 0 Å². The summed E-state index contributed by atoms with van der Waals surface area (Å²) in [4.78, 5) is 16.8. The van der Waals surface area contributed by atoms with E-state index < -0.39 is 0 Å². The van der Waals surface area contributed by atoms with E-state index in [1.807, 2.05) is 37.3 Å². The summed E-state index contributed by atoms with van der Waals surface area (Å²) in [6.45, 7) is 2.03. The van der Waals surface area contributed by atoms with E-state index in [2.05, 4.69) is 15.3 Å². The van der Waals surface area contributed by atoms with E-state index in [4.69, 9.17) is 23.2 Å². The number of anilines is 1. The highest BCUT2D eigenvalue weighted by Crippen LogP contribution is 2.26. The molecule has 0 saturated heterocycles. The number of fused-ring (bicyclic) bond motifs is 1. The molecule has 1 unspecified atom stereocenters. The van der Waals surface area contributed by atoms with Crippen molar-refractivity contribution in [3.05, 3.63) is 62.5 Å². The summed E-state index contributed by atoms with van der Waals surface area (Å²) in [5, 5.41) is 4.51. The van der Waals surface area contributed by atoms with Crippen molar-refractivity contribution in [1.29, 1.82) is 0 Å². The Balaban J connectivity index is 1.88. The molecule has 21 heavy (non-hydrogen) atoms. The minimum atomic E-state index is -0.204. The molecule has 108 valence electrons. The Labute approximate surface area is 131 Å². The quantitative estimate of drug-likeness (QED) is 0.672. The van der Waals surface area contributed by atoms with Gasteiger partial charge in [0.25, 0.3) is 0 Å². The van der Waals surface area contributed by atoms with E-state index in [1.165, 1.54) is 0 Å². The lowest BCUT2D eigenvalue weighted by Crippen LogP contribution is -2.06. The molecule has 0 radical (unpaired) electrons. The number of H-pyrrole nitrogens is 2. The summed E-state index contributed by atoms with van der Waals surface area (Å²) in [6.07, 6.45) is 0. The van der Waals surface area contributed by atoms with Crippen LogP contribution < -0.4 is 11.0 Å². The van der Waals surface area contributed by atoms with Gasteiger partial charge in [0, 0.05) is 21.8 Å². The second-order valence-corrected chi connectivity index (χ2v) is 5.78. The fourth-order valence-electron chi connectivity index (χ4n) is 2.29. The Kier molecular flexibility index (Phi) is 3.66. The highest BCUT2D eigenvalue weighted by atomic mass is 35.5. The van der Waals surface area contributed by atoms with Crippen molar-refractivity contribution in [2.75, 3.05) is 5.32 Å². The fourth-order valence-corrected chi connectivity index (χ4v) is 2.82. The summed E-state index contributed by atoms with van der Waals surface area (Å²) in [5.74, 6) is 0. The molecule has 1 heterocycles. The number of benzene rings is 2. The van der Waals surface area contributed by atoms with E-state index in [1.54, 1.807) is 6.07 Å². The molecule has 4 nitrogen and oxygen atoms in total. The van der Waals surface area contributed by atoms with Crippen molar-refractivity contribution < 1.29 is 0 Å². The highest BCUT2D eigenvalue weighted by Gasteiger charge is 2.08. The van der Waals surface area contributed by atoms with Crippen molar-refractivity contribution in [1.82, 2.24) is 9.97 Å². The molecule has 0 spiro atoms. The molecule has 0 bridgehead atoms. The maximum atomic E-state index is 11.3. The summed E-state index contributed by atoms with van der Waals surface area (Å²) < 4.78 is 0. The molecule has 3 N–H and O–H groups in total. The van der Waals surface area contributed by atoms with Crippen LogP contribution >= 0.6 is 23.2 Å². The van der Waals surface area contributed by atoms with Crippen molar-refractivity contribution in [3.8, 4) is 0 Å². The third-order valence-corrected chi connectivity index (χ3v) is 3.72. The lowest BCUT2D eigenvalue weighted by Gasteiger charge is -2.16. The smallest absolute Gasteiger partial charge is 0.323 e. The third-order valence-electron chi connectivity index (χ3n) is 3.29. The molecule has 0 saturated carbocycles. The Morgan fingerprint density at radius 1 is 1.00 bits per heavy atom. The van der Waals surface area contributed by atoms with Gasteiger partial charge in [-0.05, 0) is 42.8 Å². The van der Waals surface area contributed by atoms with Gasteiger partial charge in [-0.15, -0.1) is 0 Å². The van der Waals surface area contributed by atoms with Gasteiger partial charge in [-0.3, -0.25) is 0 Å². The van der Waals surface area contributed by atoms with Crippen LogP contribution in [-0.4, -0.2) is 9.97 Å². The fraction of sp³-hybridized carbons (Fsp3) is 0.133. The zero-order chi connectivity index (χ0) is 15.0. The first kappa shape index (κ1) is 14.0. The molecule has 0 aliphatic carbocycles. The first-order valence-electron chi connectivity index (χ1n) is 6.46. The summed E-state index contributed by atoms with van der Waals surface area (Å²) >= 11 is 12.0. The molecule has 0 fully saturated rings. The molecular formula is C15H13Cl2N3O. The monoisotopic (exact) mass is 321 g/mol. The van der Waals surface area contributed by atoms with Crippen LogP contribution in [0.2, 0.25) is 10.0 Å². The summed E-state index contributed by atoms with van der Waals surface area (Å²) in [5.41, 5.74) is 3.28. The number of aromatic amines is 2. The Hall–Kier alpha value is -1.91. The SMILES string of the molecule is CC(Nc1cc(Cl)cc(Cl)c1)c1ccc2[nH]c(=O)[nH]c2c1. The van der Waals surface area contributed by atoms with E-state index >= 15 is 0 Å². The van der Waals surface area contributed by atoms with E-state index in [-0.39, 0.29) is 11.7 Å². The second kappa shape index (κ2) is 5.47. The summed E-state index contributed by atoms with van der Waals surface area (Å²) in [7, 11) is 0. The van der Waals surface area contributed by atoms with Crippen molar-refractivity contribution in [3.63, 3.8) is 0 Å². The predicted molar refractivity (Wildman–Crippen MR) is 87.4 cm³/mol. The molecule has 0 aliphatic rings. The van der Waals surface area contributed by atoms with Gasteiger partial charge in [0.05, 0.1) is 11.0 Å². The molecule has 1 aromatic heterocycles. The minimum absolute atomic E-state index is 0.0438. The minimum Gasteiger partial charge on any atom is -0.378 e. The van der Waals surface area contributed by atoms with E-state index in [0.29, 0.717) is 10.0 Å². The number of aromatic nitrogens is 2. The van der Waals surface area contributed by atoms with Crippen LogP contribution in [0.1, 0.15) is 18.5 Å². The molecular weight excluding hydrogens is 309 g/mol. The summed E-state index contributed by atoms with van der Waals surface area (Å²) in [6, 6.07) is 11.2. The van der Waals surface area contributed by atoms with Gasteiger partial charge < -0.3 is 15.3 Å². The van der Waals surface area contributed by atoms with E-state index in [0.717, 1.165) is 22.3 Å². The van der Waals surface area contributed by atoms with Crippen LogP contribution in [0.3, 0.4) is 0 Å². The van der Waals surface area contributed by atoms with Crippen LogP contribution in [0, 0.1) is 0 Å². The standard InChI is InChI=1S/C15H13Cl2N3O/c1-8(18-12-6-10(16)5-11(17)7-12)9-2-3-13-14(4-9)20-15(21)19-13/h2-8,18H,1H3,(H2,19,20,21). The average Bonchev–Trinajstić information content (AvgIpc) is 2.76. The van der Waals surface area contributed by atoms with Crippen LogP contribution in [-0.2, 0) is 0 Å². The van der Waals surface area contributed by atoms with Gasteiger partial charge in [-0.2, -0.15) is 0 Å². The Bertz CT molecular complexity index is 833. The average molecular weight is 322 g/mol. The predicted octanol–water partition coefficient (Wildman–Crippen LogP) is 4.34. The first-order valence-corrected chi connectivity index (χ1v) is 7.21. The zero-order valence-electron chi connectivity index (χ0n) is 11.2. The topological polar surface area (TPSA) is 60.7 Å². The molecule has 3 aromatic rings. The highest BCUT2D eigenvalue weighted by molar-refractivity contribution is 6.35. The maximum absolute atomic E-state index is 11.3. The van der Waals surface area contributed by atoms with Crippen molar-refractivity contribution in [2.45, 2.75) is 13.0 Å². The molecule has 2 aromatic carbocycles. The lowest BCUT2D eigenvalue weighted by molar-refractivity contribution is 0.886. The maximum Gasteiger partial charge on any atom is 0.323 e. The van der Waals surface area contributed by atoms with Crippen molar-refractivity contribution >= 4 is 39.9 Å². The normalized spacial score (nSPS) is 12.5. The number of rotatable bonds is 3. The lowest BCUT2D eigenvalue weighted by atomic mass is 10.1. The van der Waals surface area contributed by atoms with Crippen LogP contribution in [0.25, 0.3) is 11.0 Å². The van der Waals surface area contributed by atoms with Crippen LogP contribution in [0.4, 0.5) is 5.69 Å². The number of imidazole rings is 1. The number of hydrogen-bond acceptors (Lipinski definition) is 2. The largest absolute Gasteiger partial charge is 0.378 e. The van der Waals surface area contributed by atoms with Gasteiger partial charge in [0.1, 0.15) is 0 Å². The number of halogens is 2. The second-order valence-electron chi connectivity index (χ2n) is 4.91. The third kappa shape index (κ3) is 3.06. The number of hydrogen-bond donors (Lipinski definition) is 3. The van der Waals surface area contributed by atoms with Gasteiger partial charge >= 0.3 is 5.69 Å². The Morgan fingerprint density at radius 2 is 1.67 bits per heavy atom. The molecule has 1 atom stereocenters. The van der Waals surface area contributed by atoms with E-state index in [9.17, 15) is 4.79 Å². The van der Waals surface area contributed by atoms with Crippen molar-refractivity contribution in [2.24, 2.45) is 0 Å². The Morgan fingerprint density at radius 3 is 2.38 bits per heavy atom. The zero-order valence-corrected chi connectivity index (χ0v) is 12.7. The molecule has 6 heteroatoms. The van der Waals surface area contributed by atoms with Crippen LogP contribution in [0.5, 0.6) is 0 Å². The van der Waals surface area contributed by atoms with Gasteiger partial charge in [-0.25, -0.2) is 4.79 Å². The first-order chi connectivity index (χ1) is 10.0. The molecule has 3 rings (SSSR count). The van der Waals surface area contributed by atoms with Gasteiger partial charge in [0.15, 0.2) is 0 Å². The molecule has 0 aliphatic heterocycles.